The minimum atomic E-state index is -0.271. The van der Waals surface area contributed by atoms with Gasteiger partial charge in [-0.2, -0.15) is 0 Å². The molecule has 0 atom stereocenters. The van der Waals surface area contributed by atoms with Crippen LogP contribution in [0.2, 0.25) is 0 Å². The van der Waals surface area contributed by atoms with Crippen LogP contribution >= 0.6 is 11.5 Å². The molecule has 0 aliphatic heterocycles. The highest BCUT2D eigenvalue weighted by molar-refractivity contribution is 7.07. The first kappa shape index (κ1) is 15.6. The van der Waals surface area contributed by atoms with Crippen LogP contribution in [0.5, 0.6) is 0 Å². The zero-order chi connectivity index (χ0) is 16.4. The summed E-state index contributed by atoms with van der Waals surface area (Å²) >= 11 is 1.13. The van der Waals surface area contributed by atoms with Crippen LogP contribution in [-0.4, -0.2) is 32.4 Å². The molecule has 3 rings (SSSR count). The van der Waals surface area contributed by atoms with E-state index < -0.39 is 0 Å². The van der Waals surface area contributed by atoms with E-state index >= 15 is 0 Å². The predicted molar refractivity (Wildman–Crippen MR) is 88.0 cm³/mol. The summed E-state index contributed by atoms with van der Waals surface area (Å²) in [6.07, 6.45) is 1.67. The lowest BCUT2D eigenvalue weighted by molar-refractivity contribution is 0.0787. The van der Waals surface area contributed by atoms with Crippen molar-refractivity contribution in [3.63, 3.8) is 0 Å². The molecule has 0 saturated heterocycles. The Kier molecular flexibility index (Phi) is 4.38. The fourth-order valence-corrected chi connectivity index (χ4v) is 3.22. The monoisotopic (exact) mass is 332 g/mol. The molecule has 0 spiro atoms. The van der Waals surface area contributed by atoms with Gasteiger partial charge in [0.15, 0.2) is 0 Å². The fourth-order valence-electron chi connectivity index (χ4n) is 2.52. The quantitative estimate of drug-likeness (QED) is 0.779. The molecule has 2 aromatic heterocycles. The molecule has 2 heterocycles. The van der Waals surface area contributed by atoms with Crippen molar-refractivity contribution >= 4 is 28.3 Å². The van der Waals surface area contributed by atoms with Crippen molar-refractivity contribution in [1.29, 1.82) is 0 Å². The fraction of sp³-hybridized carbons (Fsp3) is 0.312. The number of hydrogen-bond donors (Lipinski definition) is 1. The van der Waals surface area contributed by atoms with Gasteiger partial charge < -0.3 is 9.88 Å². The van der Waals surface area contributed by atoms with Gasteiger partial charge in [0.1, 0.15) is 10.7 Å². The van der Waals surface area contributed by atoms with Crippen molar-refractivity contribution in [2.45, 2.75) is 26.3 Å². The van der Waals surface area contributed by atoms with Gasteiger partial charge in [0.2, 0.25) is 0 Å². The molecular formula is C16H17FN4OS. The Morgan fingerprint density at radius 3 is 3.00 bits per heavy atom. The second kappa shape index (κ2) is 6.45. The molecule has 1 aromatic carbocycles. The molecule has 1 N–H and O–H groups in total. The first-order valence-corrected chi connectivity index (χ1v) is 8.19. The largest absolute Gasteiger partial charge is 0.357 e. The van der Waals surface area contributed by atoms with E-state index in [0.717, 1.165) is 46.7 Å². The summed E-state index contributed by atoms with van der Waals surface area (Å²) < 4.78 is 17.1. The van der Waals surface area contributed by atoms with E-state index in [0.29, 0.717) is 11.4 Å². The number of carbonyl (C=O) groups is 1. The van der Waals surface area contributed by atoms with Crippen LogP contribution in [0, 0.1) is 5.82 Å². The van der Waals surface area contributed by atoms with Crippen molar-refractivity contribution in [1.82, 2.24) is 19.5 Å². The Morgan fingerprint density at radius 1 is 1.39 bits per heavy atom. The summed E-state index contributed by atoms with van der Waals surface area (Å²) in [6, 6.07) is 6.45. The van der Waals surface area contributed by atoms with Crippen molar-refractivity contribution in [3.8, 4) is 0 Å². The third-order valence-electron chi connectivity index (χ3n) is 3.63. The molecule has 0 saturated carbocycles. The maximum absolute atomic E-state index is 13.2. The minimum absolute atomic E-state index is 0.0895. The van der Waals surface area contributed by atoms with Gasteiger partial charge >= 0.3 is 0 Å². The maximum Gasteiger partial charge on any atom is 0.267 e. The zero-order valence-corrected chi connectivity index (χ0v) is 13.8. The van der Waals surface area contributed by atoms with E-state index in [1.165, 1.54) is 12.1 Å². The van der Waals surface area contributed by atoms with Gasteiger partial charge in [-0.15, -0.1) is 5.10 Å². The van der Waals surface area contributed by atoms with Crippen molar-refractivity contribution in [3.05, 3.63) is 46.3 Å². The van der Waals surface area contributed by atoms with Crippen molar-refractivity contribution < 1.29 is 9.18 Å². The molecule has 0 radical (unpaired) electrons. The minimum Gasteiger partial charge on any atom is -0.357 e. The van der Waals surface area contributed by atoms with Gasteiger partial charge in [-0.05, 0) is 42.2 Å². The van der Waals surface area contributed by atoms with Gasteiger partial charge in [0, 0.05) is 23.6 Å². The molecule has 0 aliphatic carbocycles. The van der Waals surface area contributed by atoms with Gasteiger partial charge in [-0.25, -0.2) is 4.39 Å². The molecule has 7 heteroatoms. The van der Waals surface area contributed by atoms with Crippen molar-refractivity contribution in [2.24, 2.45) is 0 Å². The Hall–Kier alpha value is -2.28. The highest BCUT2D eigenvalue weighted by Gasteiger charge is 2.20. The number of rotatable bonds is 5. The molecule has 0 unspecified atom stereocenters. The van der Waals surface area contributed by atoms with E-state index in [1.54, 1.807) is 18.0 Å². The lowest BCUT2D eigenvalue weighted by Crippen LogP contribution is -2.26. The van der Waals surface area contributed by atoms with Crippen LogP contribution < -0.4 is 0 Å². The molecule has 0 aliphatic rings. The number of nitrogens with zero attached hydrogens (tertiary/aromatic N) is 3. The number of aromatic nitrogens is 3. The Morgan fingerprint density at radius 2 is 2.22 bits per heavy atom. The number of aryl methyl sites for hydroxylation is 1. The number of hydrogen-bond acceptors (Lipinski definition) is 4. The van der Waals surface area contributed by atoms with Crippen LogP contribution in [0.25, 0.3) is 10.9 Å². The average molecular weight is 332 g/mol. The molecule has 120 valence electrons. The SMILES string of the molecule is CCCc1nnsc1C(=O)N(C)Cc1cc2cc(F)ccc2[nH]1. The summed E-state index contributed by atoms with van der Waals surface area (Å²) in [7, 11) is 1.74. The lowest BCUT2D eigenvalue weighted by Gasteiger charge is -2.15. The zero-order valence-electron chi connectivity index (χ0n) is 13.0. The Bertz CT molecular complexity index is 842. The lowest BCUT2D eigenvalue weighted by atomic mass is 10.2. The number of halogens is 1. The van der Waals surface area contributed by atoms with Gasteiger partial charge in [-0.1, -0.05) is 17.8 Å². The Labute approximate surface area is 137 Å². The van der Waals surface area contributed by atoms with E-state index in [9.17, 15) is 9.18 Å². The molecule has 23 heavy (non-hydrogen) atoms. The predicted octanol–water partition coefficient (Wildman–Crippen LogP) is 3.38. The molecule has 3 aromatic rings. The number of aromatic amines is 1. The second-order valence-electron chi connectivity index (χ2n) is 5.49. The smallest absolute Gasteiger partial charge is 0.267 e. The molecule has 5 nitrogen and oxygen atoms in total. The molecule has 0 bridgehead atoms. The average Bonchev–Trinajstić information content (AvgIpc) is 3.12. The topological polar surface area (TPSA) is 61.9 Å². The van der Waals surface area contributed by atoms with Crippen molar-refractivity contribution in [2.75, 3.05) is 7.05 Å². The summed E-state index contributed by atoms with van der Waals surface area (Å²) in [4.78, 5) is 18.0. The van der Waals surface area contributed by atoms with Crippen LogP contribution in [0.3, 0.4) is 0 Å². The van der Waals surface area contributed by atoms with Gasteiger partial charge in [0.05, 0.1) is 12.2 Å². The first-order valence-electron chi connectivity index (χ1n) is 7.42. The summed E-state index contributed by atoms with van der Waals surface area (Å²) in [5, 5.41) is 4.83. The highest BCUT2D eigenvalue weighted by Crippen LogP contribution is 2.19. The summed E-state index contributed by atoms with van der Waals surface area (Å²) in [5.74, 6) is -0.360. The maximum atomic E-state index is 13.2. The van der Waals surface area contributed by atoms with Gasteiger partial charge in [-0.3, -0.25) is 4.79 Å². The third kappa shape index (κ3) is 3.24. The number of carbonyl (C=O) groups excluding carboxylic acids is 1. The summed E-state index contributed by atoms with van der Waals surface area (Å²) in [6.45, 7) is 2.46. The number of H-pyrrole nitrogens is 1. The standard InChI is InChI=1S/C16H17FN4OS/c1-3-4-14-15(23-20-19-14)16(22)21(2)9-12-8-10-7-11(17)5-6-13(10)18-12/h5-8,18H,3-4,9H2,1-2H3. The number of nitrogens with one attached hydrogen (secondary N) is 1. The number of fused-ring (bicyclic) bond motifs is 1. The normalized spacial score (nSPS) is 11.1. The van der Waals surface area contributed by atoms with E-state index in [-0.39, 0.29) is 11.7 Å². The third-order valence-corrected chi connectivity index (χ3v) is 4.39. The second-order valence-corrected chi connectivity index (χ2v) is 6.24. The van der Waals surface area contributed by atoms with E-state index in [2.05, 4.69) is 14.6 Å². The summed E-state index contributed by atoms with van der Waals surface area (Å²) in [5.41, 5.74) is 2.47. The van der Waals surface area contributed by atoms with E-state index in [4.69, 9.17) is 0 Å². The van der Waals surface area contributed by atoms with Gasteiger partial charge in [0.25, 0.3) is 5.91 Å². The van der Waals surface area contributed by atoms with Crippen LogP contribution in [0.15, 0.2) is 24.3 Å². The first-order chi connectivity index (χ1) is 11.1. The van der Waals surface area contributed by atoms with Crippen LogP contribution in [0.4, 0.5) is 4.39 Å². The number of amides is 1. The highest BCUT2D eigenvalue weighted by atomic mass is 32.1. The van der Waals surface area contributed by atoms with Crippen LogP contribution in [0.1, 0.15) is 34.4 Å². The molecule has 1 amide bonds. The molecular weight excluding hydrogens is 315 g/mol. The molecule has 0 fully saturated rings. The van der Waals surface area contributed by atoms with E-state index in [1.807, 2.05) is 13.0 Å². The Balaban J connectivity index is 1.78. The van der Waals surface area contributed by atoms with Crippen LogP contribution in [-0.2, 0) is 13.0 Å². The number of benzene rings is 1.